The molecule has 318 valence electrons. The molecule has 1 heterocycles. The Kier molecular flexibility index (Phi) is 9.54. The van der Waals surface area contributed by atoms with Gasteiger partial charge in [0.05, 0.1) is 16.8 Å². The summed E-state index contributed by atoms with van der Waals surface area (Å²) < 4.78 is 6.99. The van der Waals surface area contributed by atoms with E-state index in [1.54, 1.807) is 0 Å². The Morgan fingerprint density at radius 1 is 0.250 bits per heavy atom. The van der Waals surface area contributed by atoms with Crippen LogP contribution in [0.4, 0.5) is 17.1 Å². The second-order valence-electron chi connectivity index (χ2n) is 17.5. The van der Waals surface area contributed by atoms with Crippen LogP contribution in [0.25, 0.3) is 110 Å². The van der Waals surface area contributed by atoms with Crippen LogP contribution in [0, 0.1) is 0 Å². The number of nitrogens with zero attached hydrogens (tertiary/aromatic N) is 1. The Labute approximate surface area is 395 Å². The van der Waals surface area contributed by atoms with E-state index in [9.17, 15) is 0 Å². The third-order valence-electron chi connectivity index (χ3n) is 13.7. The second-order valence-corrected chi connectivity index (χ2v) is 17.5. The summed E-state index contributed by atoms with van der Waals surface area (Å²) in [4.78, 5) is 2.44. The Balaban J connectivity index is 0.998. The normalized spacial score (nSPS) is 11.5. The maximum absolute atomic E-state index is 6.99. The highest BCUT2D eigenvalue weighted by Gasteiger charge is 2.24. The van der Waals surface area contributed by atoms with Gasteiger partial charge in [-0.15, -0.1) is 0 Å². The molecule has 0 fully saturated rings. The van der Waals surface area contributed by atoms with Crippen LogP contribution in [0.3, 0.4) is 0 Å². The lowest BCUT2D eigenvalue weighted by molar-refractivity contribution is 0.670. The molecule has 0 atom stereocenters. The molecule has 0 N–H and O–H groups in total. The highest BCUT2D eigenvalue weighted by atomic mass is 16.3. The van der Waals surface area contributed by atoms with Crippen molar-refractivity contribution in [2.24, 2.45) is 0 Å². The van der Waals surface area contributed by atoms with Crippen molar-refractivity contribution in [2.45, 2.75) is 0 Å². The molecule has 12 aromatic carbocycles. The fourth-order valence-corrected chi connectivity index (χ4v) is 10.5. The van der Waals surface area contributed by atoms with Gasteiger partial charge < -0.3 is 9.32 Å². The zero-order valence-electron chi connectivity index (χ0n) is 37.2. The Morgan fingerprint density at radius 3 is 1.44 bits per heavy atom. The summed E-state index contributed by atoms with van der Waals surface area (Å²) in [5.41, 5.74) is 16.7. The minimum Gasteiger partial charge on any atom is -0.455 e. The van der Waals surface area contributed by atoms with Crippen LogP contribution in [-0.4, -0.2) is 0 Å². The Morgan fingerprint density at radius 2 is 0.721 bits per heavy atom. The molecule has 0 aliphatic rings. The van der Waals surface area contributed by atoms with Crippen molar-refractivity contribution >= 4 is 71.3 Å². The number of furan rings is 1. The smallest absolute Gasteiger partial charge is 0.145 e. The van der Waals surface area contributed by atoms with E-state index in [4.69, 9.17) is 4.42 Å². The largest absolute Gasteiger partial charge is 0.455 e. The van der Waals surface area contributed by atoms with Crippen LogP contribution < -0.4 is 4.90 Å². The zero-order valence-corrected chi connectivity index (χ0v) is 37.2. The number of benzene rings is 12. The number of hydrogen-bond donors (Lipinski definition) is 0. The van der Waals surface area contributed by atoms with Gasteiger partial charge in [0.2, 0.25) is 0 Å². The monoisotopic (exact) mass is 865 g/mol. The van der Waals surface area contributed by atoms with Crippen molar-refractivity contribution in [2.75, 3.05) is 4.90 Å². The molecule has 68 heavy (non-hydrogen) atoms. The number of fused-ring (bicyclic) bond motifs is 6. The van der Waals surface area contributed by atoms with Crippen molar-refractivity contribution in [3.8, 4) is 55.6 Å². The molecule has 2 nitrogen and oxygen atoms in total. The zero-order chi connectivity index (χ0) is 45.0. The molecule has 0 aliphatic carbocycles. The first kappa shape index (κ1) is 39.4. The van der Waals surface area contributed by atoms with Gasteiger partial charge in [0, 0.05) is 22.0 Å². The van der Waals surface area contributed by atoms with E-state index in [1.807, 2.05) is 0 Å². The maximum atomic E-state index is 6.99. The van der Waals surface area contributed by atoms with E-state index >= 15 is 0 Å². The standard InChI is InChI=1S/C66H43NO/c1-3-16-44(17-4-1)45-36-38-51(39-37-45)67(61-42-41-58(57-25-9-10-26-59(57)61)56-30-13-21-46-20-7-8-24-52(46)56)62-43-40-55(66-65(62)60-27-11-12-31-63(60)68-66)49-34-32-48(33-35-49)54-29-15-23-50-22-14-28-53(64(50)54)47-18-5-2-6-19-47/h1-43H. The molecule has 0 unspecified atom stereocenters. The van der Waals surface area contributed by atoms with Crippen LogP contribution in [0.1, 0.15) is 0 Å². The van der Waals surface area contributed by atoms with E-state index < -0.39 is 0 Å². The molecule has 13 rings (SSSR count). The van der Waals surface area contributed by atoms with Gasteiger partial charge in [-0.2, -0.15) is 0 Å². The predicted octanol–water partition coefficient (Wildman–Crippen LogP) is 18.9. The summed E-state index contributed by atoms with van der Waals surface area (Å²) in [6.07, 6.45) is 0. The maximum Gasteiger partial charge on any atom is 0.145 e. The fraction of sp³-hybridized carbons (Fsp3) is 0. The van der Waals surface area contributed by atoms with E-state index in [0.29, 0.717) is 0 Å². The van der Waals surface area contributed by atoms with Gasteiger partial charge in [-0.25, -0.2) is 0 Å². The van der Waals surface area contributed by atoms with Gasteiger partial charge in [0.25, 0.3) is 0 Å². The molecule has 2 heteroatoms. The van der Waals surface area contributed by atoms with E-state index in [1.165, 1.54) is 71.4 Å². The summed E-state index contributed by atoms with van der Waals surface area (Å²) >= 11 is 0. The molecule has 0 amide bonds. The molecular formula is C66H43NO. The van der Waals surface area contributed by atoms with Crippen molar-refractivity contribution in [1.29, 1.82) is 0 Å². The van der Waals surface area contributed by atoms with Gasteiger partial charge in [-0.3, -0.25) is 0 Å². The van der Waals surface area contributed by atoms with Crippen molar-refractivity contribution < 1.29 is 4.42 Å². The topological polar surface area (TPSA) is 16.4 Å². The number of para-hydroxylation sites is 1. The molecule has 0 aliphatic heterocycles. The van der Waals surface area contributed by atoms with Gasteiger partial charge in [-0.05, 0) is 113 Å². The SMILES string of the molecule is c1ccc(-c2ccc(N(c3ccc(-c4cccc5ccccc45)c4ccccc34)c3ccc(-c4ccc(-c5cccc6cccc(-c7ccccc7)c56)cc4)c4oc5ccccc5c34)cc2)cc1. The average Bonchev–Trinajstić information content (AvgIpc) is 3.81. The van der Waals surface area contributed by atoms with Gasteiger partial charge in [-0.1, -0.05) is 224 Å². The van der Waals surface area contributed by atoms with Crippen molar-refractivity contribution in [1.82, 2.24) is 0 Å². The quantitative estimate of drug-likeness (QED) is 0.151. The highest BCUT2D eigenvalue weighted by molar-refractivity contribution is 6.19. The van der Waals surface area contributed by atoms with E-state index in [-0.39, 0.29) is 0 Å². The third-order valence-corrected chi connectivity index (χ3v) is 13.7. The van der Waals surface area contributed by atoms with Gasteiger partial charge in [0.1, 0.15) is 11.2 Å². The van der Waals surface area contributed by atoms with Crippen LogP contribution in [-0.2, 0) is 0 Å². The lowest BCUT2D eigenvalue weighted by Crippen LogP contribution is -2.11. The lowest BCUT2D eigenvalue weighted by atomic mass is 9.90. The summed E-state index contributed by atoms with van der Waals surface area (Å²) in [7, 11) is 0. The third kappa shape index (κ3) is 6.65. The highest BCUT2D eigenvalue weighted by Crippen LogP contribution is 2.49. The fourth-order valence-electron chi connectivity index (χ4n) is 10.5. The summed E-state index contributed by atoms with van der Waals surface area (Å²) in [6.45, 7) is 0. The van der Waals surface area contributed by atoms with Crippen LogP contribution in [0.5, 0.6) is 0 Å². The molecule has 0 saturated carbocycles. The minimum atomic E-state index is 0.854. The molecule has 0 saturated heterocycles. The summed E-state index contributed by atoms with van der Waals surface area (Å²) in [5.74, 6) is 0. The van der Waals surface area contributed by atoms with Crippen LogP contribution in [0.2, 0.25) is 0 Å². The van der Waals surface area contributed by atoms with E-state index in [0.717, 1.165) is 55.5 Å². The molecule has 0 radical (unpaired) electrons. The summed E-state index contributed by atoms with van der Waals surface area (Å²) in [5, 5.41) is 9.45. The van der Waals surface area contributed by atoms with Crippen LogP contribution >= 0.6 is 0 Å². The second kappa shape index (κ2) is 16.5. The molecule has 13 aromatic rings. The number of anilines is 3. The lowest BCUT2D eigenvalue weighted by Gasteiger charge is -2.29. The summed E-state index contributed by atoms with van der Waals surface area (Å²) in [6, 6.07) is 94.3. The molecule has 0 bridgehead atoms. The first-order valence-electron chi connectivity index (χ1n) is 23.3. The molecule has 1 aromatic heterocycles. The van der Waals surface area contributed by atoms with Crippen LogP contribution in [0.15, 0.2) is 265 Å². The Hall–Kier alpha value is -8.98. The van der Waals surface area contributed by atoms with Crippen molar-refractivity contribution in [3.05, 3.63) is 261 Å². The van der Waals surface area contributed by atoms with E-state index in [2.05, 4.69) is 266 Å². The predicted molar refractivity (Wildman–Crippen MR) is 288 cm³/mol. The van der Waals surface area contributed by atoms with Gasteiger partial charge >= 0.3 is 0 Å². The van der Waals surface area contributed by atoms with Gasteiger partial charge in [0.15, 0.2) is 0 Å². The average molecular weight is 866 g/mol. The molecular weight excluding hydrogens is 823 g/mol. The number of hydrogen-bond acceptors (Lipinski definition) is 2. The Bertz CT molecular complexity index is 3990. The number of rotatable bonds is 8. The molecule has 0 spiro atoms. The minimum absolute atomic E-state index is 0.854. The van der Waals surface area contributed by atoms with Crippen molar-refractivity contribution in [3.63, 3.8) is 0 Å². The first-order chi connectivity index (χ1) is 33.7. The first-order valence-corrected chi connectivity index (χ1v) is 23.3.